The van der Waals surface area contributed by atoms with Gasteiger partial charge in [-0.15, -0.1) is 0 Å². The number of rotatable bonds is 8. The molecule has 2 heterocycles. The lowest BCUT2D eigenvalue weighted by Crippen LogP contribution is -2.30. The van der Waals surface area contributed by atoms with Crippen molar-refractivity contribution in [3.05, 3.63) is 77.9 Å². The summed E-state index contributed by atoms with van der Waals surface area (Å²) in [6, 6.07) is 12.5. The van der Waals surface area contributed by atoms with Crippen molar-refractivity contribution in [2.24, 2.45) is 0 Å². The lowest BCUT2D eigenvalue weighted by atomic mass is 10.2. The molecule has 0 saturated heterocycles. The first-order valence-electron chi connectivity index (χ1n) is 8.52. The smallest absolute Gasteiger partial charge is 0.119 e. The second-order valence-electron chi connectivity index (χ2n) is 6.32. The number of hydrogen-bond acceptors (Lipinski definition) is 4. The van der Waals surface area contributed by atoms with Crippen molar-refractivity contribution in [3.63, 3.8) is 0 Å². The molecule has 3 rings (SSSR count). The average molecular weight is 336 g/mol. The van der Waals surface area contributed by atoms with Crippen molar-refractivity contribution in [3.8, 4) is 5.75 Å². The van der Waals surface area contributed by atoms with Crippen molar-refractivity contribution >= 4 is 0 Å². The standard InChI is InChI=1S/C20H24N4O/c1-16-10-23-24(13-16)14-17(2)22-12-18-5-7-20(8-6-18)25-15-19-4-3-9-21-11-19/h3-11,13,17,22H,12,14-15H2,1-2H3/t17-/m0/s1. The highest BCUT2D eigenvalue weighted by Gasteiger charge is 2.04. The number of nitrogens with zero attached hydrogens (tertiary/aromatic N) is 3. The van der Waals surface area contributed by atoms with Crippen LogP contribution in [0.15, 0.2) is 61.2 Å². The molecule has 0 unspecified atom stereocenters. The second kappa shape index (κ2) is 8.44. The Balaban J connectivity index is 1.44. The first kappa shape index (κ1) is 17.2. The normalized spacial score (nSPS) is 12.1. The average Bonchev–Trinajstić information content (AvgIpc) is 3.04. The van der Waals surface area contributed by atoms with Gasteiger partial charge in [-0.2, -0.15) is 5.10 Å². The first-order chi connectivity index (χ1) is 12.2. The van der Waals surface area contributed by atoms with Gasteiger partial charge >= 0.3 is 0 Å². The second-order valence-corrected chi connectivity index (χ2v) is 6.32. The van der Waals surface area contributed by atoms with Gasteiger partial charge < -0.3 is 10.1 Å². The Bertz CT molecular complexity index is 768. The van der Waals surface area contributed by atoms with E-state index in [0.717, 1.165) is 24.4 Å². The fraction of sp³-hybridized carbons (Fsp3) is 0.300. The van der Waals surface area contributed by atoms with E-state index in [0.29, 0.717) is 12.6 Å². The molecule has 130 valence electrons. The molecule has 0 amide bonds. The van der Waals surface area contributed by atoms with E-state index in [9.17, 15) is 0 Å². The Labute approximate surface area is 148 Å². The van der Waals surface area contributed by atoms with Crippen LogP contribution in [0, 0.1) is 6.92 Å². The summed E-state index contributed by atoms with van der Waals surface area (Å²) in [5.41, 5.74) is 3.49. The summed E-state index contributed by atoms with van der Waals surface area (Å²) in [4.78, 5) is 4.09. The Morgan fingerprint density at radius 2 is 1.96 bits per heavy atom. The molecular formula is C20H24N4O. The molecule has 0 fully saturated rings. The number of pyridine rings is 1. The molecule has 0 saturated carbocycles. The van der Waals surface area contributed by atoms with Gasteiger partial charge in [-0.05, 0) is 43.2 Å². The van der Waals surface area contributed by atoms with E-state index in [-0.39, 0.29) is 0 Å². The summed E-state index contributed by atoms with van der Waals surface area (Å²) >= 11 is 0. The van der Waals surface area contributed by atoms with Gasteiger partial charge in [-0.1, -0.05) is 18.2 Å². The van der Waals surface area contributed by atoms with Crippen LogP contribution in [0.3, 0.4) is 0 Å². The molecule has 3 aromatic rings. The molecular weight excluding hydrogens is 312 g/mol. The number of ether oxygens (including phenoxy) is 1. The van der Waals surface area contributed by atoms with Gasteiger partial charge in [0.25, 0.3) is 0 Å². The van der Waals surface area contributed by atoms with Gasteiger partial charge in [0.05, 0.1) is 12.7 Å². The van der Waals surface area contributed by atoms with Gasteiger partial charge in [-0.25, -0.2) is 0 Å². The molecule has 0 spiro atoms. The van der Waals surface area contributed by atoms with Crippen LogP contribution in [0.4, 0.5) is 0 Å². The first-order valence-corrected chi connectivity index (χ1v) is 8.52. The van der Waals surface area contributed by atoms with E-state index in [2.05, 4.69) is 47.6 Å². The van der Waals surface area contributed by atoms with Crippen molar-refractivity contribution in [2.75, 3.05) is 0 Å². The lowest BCUT2D eigenvalue weighted by Gasteiger charge is -2.14. The summed E-state index contributed by atoms with van der Waals surface area (Å²) < 4.78 is 7.76. The van der Waals surface area contributed by atoms with Crippen LogP contribution in [-0.2, 0) is 19.7 Å². The minimum Gasteiger partial charge on any atom is -0.489 e. The molecule has 0 aliphatic carbocycles. The Morgan fingerprint density at radius 1 is 1.12 bits per heavy atom. The predicted molar refractivity (Wildman–Crippen MR) is 98.3 cm³/mol. The van der Waals surface area contributed by atoms with Crippen LogP contribution in [0.2, 0.25) is 0 Å². The van der Waals surface area contributed by atoms with Gasteiger partial charge in [0.2, 0.25) is 0 Å². The van der Waals surface area contributed by atoms with Crippen molar-refractivity contribution in [1.29, 1.82) is 0 Å². The van der Waals surface area contributed by atoms with Crippen molar-refractivity contribution in [1.82, 2.24) is 20.1 Å². The third kappa shape index (κ3) is 5.43. The Morgan fingerprint density at radius 3 is 2.64 bits per heavy atom. The predicted octanol–water partition coefficient (Wildman–Crippen LogP) is 3.34. The zero-order chi connectivity index (χ0) is 17.5. The summed E-state index contributed by atoms with van der Waals surface area (Å²) in [7, 11) is 0. The van der Waals surface area contributed by atoms with Crippen LogP contribution in [-0.4, -0.2) is 20.8 Å². The van der Waals surface area contributed by atoms with Gasteiger partial charge in [-0.3, -0.25) is 9.67 Å². The Hall–Kier alpha value is -2.66. The highest BCUT2D eigenvalue weighted by atomic mass is 16.5. The van der Waals surface area contributed by atoms with E-state index in [1.54, 1.807) is 6.20 Å². The van der Waals surface area contributed by atoms with Crippen LogP contribution in [0.1, 0.15) is 23.6 Å². The SMILES string of the molecule is Cc1cnn(C[C@H](C)NCc2ccc(OCc3cccnc3)cc2)c1. The summed E-state index contributed by atoms with van der Waals surface area (Å²) in [6.07, 6.45) is 7.53. The maximum absolute atomic E-state index is 5.78. The number of aryl methyl sites for hydroxylation is 1. The summed E-state index contributed by atoms with van der Waals surface area (Å²) in [6.45, 7) is 6.44. The minimum atomic E-state index is 0.348. The molecule has 0 aliphatic rings. The van der Waals surface area contributed by atoms with Crippen LogP contribution in [0.5, 0.6) is 5.75 Å². The van der Waals surface area contributed by atoms with Crippen LogP contribution >= 0.6 is 0 Å². The monoisotopic (exact) mass is 336 g/mol. The van der Waals surface area contributed by atoms with E-state index < -0.39 is 0 Å². The number of hydrogen-bond donors (Lipinski definition) is 1. The van der Waals surface area contributed by atoms with Crippen LogP contribution < -0.4 is 10.1 Å². The number of aromatic nitrogens is 3. The lowest BCUT2D eigenvalue weighted by molar-refractivity contribution is 0.305. The molecule has 0 radical (unpaired) electrons. The molecule has 5 heteroatoms. The maximum atomic E-state index is 5.78. The quantitative estimate of drug-likeness (QED) is 0.685. The fourth-order valence-corrected chi connectivity index (χ4v) is 2.56. The molecule has 1 N–H and O–H groups in total. The highest BCUT2D eigenvalue weighted by Crippen LogP contribution is 2.14. The van der Waals surface area contributed by atoms with E-state index in [4.69, 9.17) is 4.74 Å². The molecule has 25 heavy (non-hydrogen) atoms. The molecule has 5 nitrogen and oxygen atoms in total. The zero-order valence-electron chi connectivity index (χ0n) is 14.7. The van der Waals surface area contributed by atoms with Gasteiger partial charge in [0, 0.05) is 36.7 Å². The third-order valence-corrected chi connectivity index (χ3v) is 3.93. The zero-order valence-corrected chi connectivity index (χ0v) is 14.7. The number of nitrogens with one attached hydrogen (secondary N) is 1. The topological polar surface area (TPSA) is 52.0 Å². The third-order valence-electron chi connectivity index (χ3n) is 3.93. The molecule has 1 atom stereocenters. The Kier molecular flexibility index (Phi) is 5.80. The minimum absolute atomic E-state index is 0.348. The molecule has 0 bridgehead atoms. The molecule has 0 aliphatic heterocycles. The summed E-state index contributed by atoms with van der Waals surface area (Å²) in [5.74, 6) is 0.868. The van der Waals surface area contributed by atoms with E-state index >= 15 is 0 Å². The highest BCUT2D eigenvalue weighted by molar-refractivity contribution is 5.27. The van der Waals surface area contributed by atoms with Crippen LogP contribution in [0.25, 0.3) is 0 Å². The summed E-state index contributed by atoms with van der Waals surface area (Å²) in [5, 5.41) is 7.85. The van der Waals surface area contributed by atoms with Gasteiger partial charge in [0.1, 0.15) is 12.4 Å². The fourth-order valence-electron chi connectivity index (χ4n) is 2.56. The van der Waals surface area contributed by atoms with Crippen molar-refractivity contribution in [2.45, 2.75) is 39.6 Å². The van der Waals surface area contributed by atoms with E-state index in [1.165, 1.54) is 11.1 Å². The van der Waals surface area contributed by atoms with Gasteiger partial charge in [0.15, 0.2) is 0 Å². The molecule has 1 aromatic carbocycles. The number of benzene rings is 1. The van der Waals surface area contributed by atoms with Crippen molar-refractivity contribution < 1.29 is 4.74 Å². The largest absolute Gasteiger partial charge is 0.489 e. The van der Waals surface area contributed by atoms with E-state index in [1.807, 2.05) is 41.3 Å². The maximum Gasteiger partial charge on any atom is 0.119 e. The molecule has 2 aromatic heterocycles.